The van der Waals surface area contributed by atoms with Gasteiger partial charge in [0.1, 0.15) is 6.33 Å². The normalized spacial score (nSPS) is 11.1. The molecule has 3 rings (SSSR count). The van der Waals surface area contributed by atoms with E-state index in [1.807, 2.05) is 12.1 Å². The molecule has 0 unspecified atom stereocenters. The summed E-state index contributed by atoms with van der Waals surface area (Å²) >= 11 is 0. The summed E-state index contributed by atoms with van der Waals surface area (Å²) in [6.07, 6.45) is 3.28. The van der Waals surface area contributed by atoms with Gasteiger partial charge in [0.2, 0.25) is 5.95 Å². The van der Waals surface area contributed by atoms with Crippen molar-refractivity contribution < 1.29 is 0 Å². The minimum absolute atomic E-state index is 0.249. The first-order valence-corrected chi connectivity index (χ1v) is 4.05. The zero-order valence-corrected chi connectivity index (χ0v) is 7.12. The van der Waals surface area contributed by atoms with E-state index < -0.39 is 0 Å². The zero-order chi connectivity index (χ0) is 9.54. The van der Waals surface area contributed by atoms with Gasteiger partial charge in [0.25, 0.3) is 0 Å². The van der Waals surface area contributed by atoms with Crippen molar-refractivity contribution in [2.24, 2.45) is 0 Å². The van der Waals surface area contributed by atoms with Gasteiger partial charge in [-0.1, -0.05) is 0 Å². The second-order valence-corrected chi connectivity index (χ2v) is 2.90. The number of nitrogens with two attached hydrogens (primary N) is 1. The Balaban J connectivity index is 2.60. The van der Waals surface area contributed by atoms with Crippen LogP contribution >= 0.6 is 0 Å². The lowest BCUT2D eigenvalue weighted by Crippen LogP contribution is -1.97. The van der Waals surface area contributed by atoms with E-state index in [1.54, 1.807) is 16.9 Å². The SMILES string of the molecule is Nc1ncc2ccc3nncn3c2n1. The van der Waals surface area contributed by atoms with Gasteiger partial charge >= 0.3 is 0 Å². The van der Waals surface area contributed by atoms with E-state index in [0.29, 0.717) is 0 Å². The van der Waals surface area contributed by atoms with Gasteiger partial charge in [-0.15, -0.1) is 10.2 Å². The molecule has 0 saturated carbocycles. The molecule has 3 aromatic heterocycles. The van der Waals surface area contributed by atoms with E-state index in [9.17, 15) is 0 Å². The van der Waals surface area contributed by atoms with E-state index in [-0.39, 0.29) is 5.95 Å². The molecule has 3 heterocycles. The Labute approximate surface area is 78.4 Å². The molecule has 0 atom stereocenters. The van der Waals surface area contributed by atoms with Crippen LogP contribution in [0.2, 0.25) is 0 Å². The van der Waals surface area contributed by atoms with E-state index >= 15 is 0 Å². The van der Waals surface area contributed by atoms with E-state index in [0.717, 1.165) is 16.7 Å². The number of anilines is 1. The summed E-state index contributed by atoms with van der Waals surface area (Å²) in [5.41, 5.74) is 6.98. The van der Waals surface area contributed by atoms with Crippen LogP contribution in [0.15, 0.2) is 24.7 Å². The average Bonchev–Trinajstić information content (AvgIpc) is 2.65. The highest BCUT2D eigenvalue weighted by Crippen LogP contribution is 2.12. The predicted molar refractivity (Wildman–Crippen MR) is 50.5 cm³/mol. The third kappa shape index (κ3) is 0.846. The molecule has 0 aliphatic heterocycles. The molecular formula is C8H6N6. The fourth-order valence-corrected chi connectivity index (χ4v) is 1.39. The maximum atomic E-state index is 5.51. The molecule has 0 fully saturated rings. The quantitative estimate of drug-likeness (QED) is 0.544. The van der Waals surface area contributed by atoms with E-state index in [1.165, 1.54) is 0 Å². The molecule has 0 bridgehead atoms. The summed E-state index contributed by atoms with van der Waals surface area (Å²) in [5, 5.41) is 8.61. The lowest BCUT2D eigenvalue weighted by molar-refractivity contribution is 1.10. The van der Waals surface area contributed by atoms with Gasteiger partial charge in [-0.25, -0.2) is 4.98 Å². The Bertz CT molecular complexity index is 613. The molecule has 3 aromatic rings. The maximum Gasteiger partial charge on any atom is 0.221 e. The molecular weight excluding hydrogens is 180 g/mol. The third-order valence-electron chi connectivity index (χ3n) is 2.03. The number of hydrogen-bond donors (Lipinski definition) is 1. The van der Waals surface area contributed by atoms with Crippen LogP contribution in [-0.4, -0.2) is 24.6 Å². The highest BCUT2D eigenvalue weighted by atomic mass is 15.2. The molecule has 6 heteroatoms. The van der Waals surface area contributed by atoms with Gasteiger partial charge in [0.05, 0.1) is 0 Å². The van der Waals surface area contributed by atoms with Crippen molar-refractivity contribution in [3.63, 3.8) is 0 Å². The standard InChI is InChI=1S/C8H6N6/c9-8-10-3-5-1-2-6-13-11-4-14(6)7(5)12-8/h1-4H,(H2,9,10,12). The lowest BCUT2D eigenvalue weighted by atomic mass is 10.3. The summed E-state index contributed by atoms with van der Waals surface area (Å²) in [4.78, 5) is 8.04. The maximum absolute atomic E-state index is 5.51. The van der Waals surface area contributed by atoms with Gasteiger partial charge in [-0.05, 0) is 12.1 Å². The van der Waals surface area contributed by atoms with Crippen LogP contribution < -0.4 is 5.73 Å². The van der Waals surface area contributed by atoms with Crippen molar-refractivity contribution >= 4 is 22.6 Å². The van der Waals surface area contributed by atoms with Crippen molar-refractivity contribution in [3.05, 3.63) is 24.7 Å². The summed E-state index contributed by atoms with van der Waals surface area (Å²) < 4.78 is 1.77. The van der Waals surface area contributed by atoms with Crippen molar-refractivity contribution in [2.45, 2.75) is 0 Å². The van der Waals surface area contributed by atoms with Crippen LogP contribution in [0.3, 0.4) is 0 Å². The first-order chi connectivity index (χ1) is 6.84. The molecule has 0 aromatic carbocycles. The topological polar surface area (TPSA) is 82.0 Å². The average molecular weight is 186 g/mol. The summed E-state index contributed by atoms with van der Waals surface area (Å²) in [7, 11) is 0. The molecule has 0 saturated heterocycles. The molecule has 6 nitrogen and oxygen atoms in total. The summed E-state index contributed by atoms with van der Waals surface area (Å²) in [6, 6.07) is 3.74. The number of rotatable bonds is 0. The Morgan fingerprint density at radius 1 is 1.29 bits per heavy atom. The highest BCUT2D eigenvalue weighted by molar-refractivity contribution is 5.77. The molecule has 0 radical (unpaired) electrons. The number of aromatic nitrogens is 5. The molecule has 0 amide bonds. The van der Waals surface area contributed by atoms with E-state index in [4.69, 9.17) is 5.73 Å². The monoisotopic (exact) mass is 186 g/mol. The summed E-state index contributed by atoms with van der Waals surface area (Å²) in [5.74, 6) is 0.249. The van der Waals surface area contributed by atoms with Gasteiger partial charge in [-0.3, -0.25) is 4.40 Å². The smallest absolute Gasteiger partial charge is 0.221 e. The molecule has 0 aliphatic rings. The Morgan fingerprint density at radius 3 is 3.14 bits per heavy atom. The fraction of sp³-hybridized carbons (Fsp3) is 0. The van der Waals surface area contributed by atoms with Crippen molar-refractivity contribution in [2.75, 3.05) is 5.73 Å². The number of pyridine rings is 1. The van der Waals surface area contributed by atoms with Crippen molar-refractivity contribution in [1.82, 2.24) is 24.6 Å². The molecule has 0 aliphatic carbocycles. The van der Waals surface area contributed by atoms with Crippen LogP contribution in [-0.2, 0) is 0 Å². The highest BCUT2D eigenvalue weighted by Gasteiger charge is 2.02. The van der Waals surface area contributed by atoms with Crippen molar-refractivity contribution in [1.29, 1.82) is 0 Å². The van der Waals surface area contributed by atoms with Gasteiger partial charge in [-0.2, -0.15) is 4.98 Å². The van der Waals surface area contributed by atoms with Gasteiger partial charge in [0.15, 0.2) is 11.3 Å². The van der Waals surface area contributed by atoms with Crippen LogP contribution in [0.25, 0.3) is 16.7 Å². The molecule has 2 N–H and O–H groups in total. The van der Waals surface area contributed by atoms with Gasteiger partial charge in [0, 0.05) is 11.6 Å². The minimum atomic E-state index is 0.249. The number of hydrogen-bond acceptors (Lipinski definition) is 5. The Hall–Kier alpha value is -2.24. The van der Waals surface area contributed by atoms with Crippen LogP contribution in [0, 0.1) is 0 Å². The zero-order valence-electron chi connectivity index (χ0n) is 7.12. The predicted octanol–water partition coefficient (Wildman–Crippen LogP) is 0.255. The lowest BCUT2D eigenvalue weighted by Gasteiger charge is -1.99. The van der Waals surface area contributed by atoms with Crippen LogP contribution in [0.1, 0.15) is 0 Å². The third-order valence-corrected chi connectivity index (χ3v) is 2.03. The van der Waals surface area contributed by atoms with Crippen LogP contribution in [0.4, 0.5) is 5.95 Å². The fourth-order valence-electron chi connectivity index (χ4n) is 1.39. The molecule has 0 spiro atoms. The Kier molecular flexibility index (Phi) is 1.22. The number of nitrogen functional groups attached to an aromatic ring is 1. The summed E-state index contributed by atoms with van der Waals surface area (Å²) in [6.45, 7) is 0. The Morgan fingerprint density at radius 2 is 2.21 bits per heavy atom. The first kappa shape index (κ1) is 7.19. The number of fused-ring (bicyclic) bond motifs is 3. The van der Waals surface area contributed by atoms with Gasteiger partial charge < -0.3 is 5.73 Å². The second-order valence-electron chi connectivity index (χ2n) is 2.90. The second kappa shape index (κ2) is 2.38. The largest absolute Gasteiger partial charge is 0.368 e. The van der Waals surface area contributed by atoms with E-state index in [2.05, 4.69) is 20.2 Å². The van der Waals surface area contributed by atoms with Crippen LogP contribution in [0.5, 0.6) is 0 Å². The first-order valence-electron chi connectivity index (χ1n) is 4.05. The molecule has 14 heavy (non-hydrogen) atoms. The molecule has 68 valence electrons. The minimum Gasteiger partial charge on any atom is -0.368 e. The number of nitrogens with zero attached hydrogens (tertiary/aromatic N) is 5. The van der Waals surface area contributed by atoms with Crippen molar-refractivity contribution in [3.8, 4) is 0 Å².